The van der Waals surface area contributed by atoms with Crippen LogP contribution in [0.3, 0.4) is 0 Å². The Balaban J connectivity index is 2.19. The van der Waals surface area contributed by atoms with Crippen LogP contribution < -0.4 is 0 Å². The molecule has 2 rings (SSSR count). The number of nitrogens with zero attached hydrogens (tertiary/aromatic N) is 2. The first-order chi connectivity index (χ1) is 8.04. The molecule has 0 aliphatic carbocycles. The van der Waals surface area contributed by atoms with Crippen molar-refractivity contribution in [1.82, 2.24) is 10.1 Å². The van der Waals surface area contributed by atoms with E-state index in [1.165, 1.54) is 16.7 Å². The van der Waals surface area contributed by atoms with Crippen molar-refractivity contribution >= 4 is 11.6 Å². The number of aryl methyl sites for hydroxylation is 2. The van der Waals surface area contributed by atoms with Crippen molar-refractivity contribution in [2.24, 2.45) is 0 Å². The molecular weight excluding hydrogens is 236 g/mol. The molecule has 1 unspecified atom stereocenters. The number of hydrogen-bond acceptors (Lipinski definition) is 3. The molecule has 3 nitrogen and oxygen atoms in total. The summed E-state index contributed by atoms with van der Waals surface area (Å²) in [5, 5.41) is 3.68. The summed E-state index contributed by atoms with van der Waals surface area (Å²) in [6.07, 6.45) is 0.676. The van der Waals surface area contributed by atoms with Crippen molar-refractivity contribution in [2.45, 2.75) is 32.6 Å². The maximum Gasteiger partial charge on any atom is 0.244 e. The average molecular weight is 251 g/mol. The molecular formula is C13H15ClN2O. The lowest BCUT2D eigenvalue weighted by Gasteiger charge is -2.01. The van der Waals surface area contributed by atoms with Crippen LogP contribution in [-0.4, -0.2) is 10.1 Å². The molecule has 0 spiro atoms. The zero-order chi connectivity index (χ0) is 12.4. The molecule has 1 aromatic carbocycles. The van der Waals surface area contributed by atoms with Crippen molar-refractivity contribution < 1.29 is 4.52 Å². The fourth-order valence-electron chi connectivity index (χ4n) is 1.85. The van der Waals surface area contributed by atoms with Gasteiger partial charge in [0.05, 0.1) is 0 Å². The summed E-state index contributed by atoms with van der Waals surface area (Å²) in [5.74, 6) is 1.16. The number of aromatic nitrogens is 2. The van der Waals surface area contributed by atoms with Crippen LogP contribution in [0, 0.1) is 13.8 Å². The number of halogens is 1. The zero-order valence-electron chi connectivity index (χ0n) is 10.2. The van der Waals surface area contributed by atoms with Gasteiger partial charge in [0, 0.05) is 6.42 Å². The van der Waals surface area contributed by atoms with E-state index in [2.05, 4.69) is 42.2 Å². The molecule has 0 N–H and O–H groups in total. The van der Waals surface area contributed by atoms with Crippen LogP contribution in [0.25, 0.3) is 0 Å². The second-order valence-electron chi connectivity index (χ2n) is 4.34. The van der Waals surface area contributed by atoms with Crippen LogP contribution in [0.2, 0.25) is 0 Å². The van der Waals surface area contributed by atoms with E-state index in [1.807, 2.05) is 6.92 Å². The SMILES string of the molecule is Cc1cc(C)cc(Cc2noc(C(C)Cl)n2)c1. The molecule has 0 fully saturated rings. The van der Waals surface area contributed by atoms with Gasteiger partial charge in [-0.15, -0.1) is 11.6 Å². The lowest BCUT2D eigenvalue weighted by atomic mass is 10.1. The van der Waals surface area contributed by atoms with Gasteiger partial charge in [0.2, 0.25) is 5.89 Å². The van der Waals surface area contributed by atoms with Crippen LogP contribution in [0.15, 0.2) is 22.7 Å². The molecule has 90 valence electrons. The Kier molecular flexibility index (Phi) is 3.48. The van der Waals surface area contributed by atoms with Crippen molar-refractivity contribution in [3.63, 3.8) is 0 Å². The second-order valence-corrected chi connectivity index (χ2v) is 4.99. The minimum absolute atomic E-state index is 0.240. The quantitative estimate of drug-likeness (QED) is 0.782. The molecule has 0 saturated heterocycles. The highest BCUT2D eigenvalue weighted by Crippen LogP contribution is 2.18. The van der Waals surface area contributed by atoms with Crippen LogP contribution in [0.1, 0.15) is 40.7 Å². The lowest BCUT2D eigenvalue weighted by molar-refractivity contribution is 0.374. The maximum atomic E-state index is 5.87. The highest BCUT2D eigenvalue weighted by Gasteiger charge is 2.11. The maximum absolute atomic E-state index is 5.87. The van der Waals surface area contributed by atoms with Crippen LogP contribution in [0.5, 0.6) is 0 Å². The summed E-state index contributed by atoms with van der Waals surface area (Å²) in [5.41, 5.74) is 3.68. The highest BCUT2D eigenvalue weighted by atomic mass is 35.5. The Morgan fingerprint density at radius 3 is 2.41 bits per heavy atom. The van der Waals surface area contributed by atoms with Gasteiger partial charge < -0.3 is 4.52 Å². The van der Waals surface area contributed by atoms with E-state index in [0.717, 1.165) is 0 Å². The van der Waals surface area contributed by atoms with Crippen LogP contribution >= 0.6 is 11.6 Å². The van der Waals surface area contributed by atoms with Gasteiger partial charge in [-0.3, -0.25) is 0 Å². The third kappa shape index (κ3) is 3.07. The Labute approximate surface area is 106 Å². The molecule has 0 radical (unpaired) electrons. The molecule has 2 aromatic rings. The van der Waals surface area contributed by atoms with Crippen molar-refractivity contribution in [1.29, 1.82) is 0 Å². The van der Waals surface area contributed by atoms with Gasteiger partial charge in [0.1, 0.15) is 5.38 Å². The van der Waals surface area contributed by atoms with E-state index < -0.39 is 0 Å². The summed E-state index contributed by atoms with van der Waals surface area (Å²) < 4.78 is 5.07. The Morgan fingerprint density at radius 1 is 1.24 bits per heavy atom. The molecule has 17 heavy (non-hydrogen) atoms. The monoisotopic (exact) mass is 250 g/mol. The predicted molar refractivity (Wildman–Crippen MR) is 67.3 cm³/mol. The van der Waals surface area contributed by atoms with Crippen LogP contribution in [0.4, 0.5) is 0 Å². The third-order valence-electron chi connectivity index (χ3n) is 2.47. The van der Waals surface area contributed by atoms with Crippen molar-refractivity contribution in [2.75, 3.05) is 0 Å². The van der Waals surface area contributed by atoms with Gasteiger partial charge >= 0.3 is 0 Å². The van der Waals surface area contributed by atoms with Gasteiger partial charge in [0.15, 0.2) is 5.82 Å². The number of rotatable bonds is 3. The Morgan fingerprint density at radius 2 is 1.88 bits per heavy atom. The fraction of sp³-hybridized carbons (Fsp3) is 0.385. The van der Waals surface area contributed by atoms with Gasteiger partial charge in [-0.05, 0) is 26.3 Å². The summed E-state index contributed by atoms with van der Waals surface area (Å²) in [4.78, 5) is 4.25. The predicted octanol–water partition coefficient (Wildman–Crippen LogP) is 3.58. The molecule has 0 bridgehead atoms. The molecule has 0 aliphatic heterocycles. The van der Waals surface area contributed by atoms with E-state index in [0.29, 0.717) is 18.1 Å². The van der Waals surface area contributed by atoms with E-state index in [4.69, 9.17) is 16.1 Å². The summed E-state index contributed by atoms with van der Waals surface area (Å²) in [7, 11) is 0. The number of hydrogen-bond donors (Lipinski definition) is 0. The normalized spacial score (nSPS) is 12.7. The van der Waals surface area contributed by atoms with Gasteiger partial charge in [0.25, 0.3) is 0 Å². The lowest BCUT2D eigenvalue weighted by Crippen LogP contribution is -1.93. The number of benzene rings is 1. The van der Waals surface area contributed by atoms with Crippen molar-refractivity contribution in [3.8, 4) is 0 Å². The second kappa shape index (κ2) is 4.88. The summed E-state index contributed by atoms with van der Waals surface area (Å²) >= 11 is 5.87. The van der Waals surface area contributed by atoms with Gasteiger partial charge in [-0.25, -0.2) is 0 Å². The summed E-state index contributed by atoms with van der Waals surface area (Å²) in [6.45, 7) is 5.98. The first kappa shape index (κ1) is 12.1. The smallest absolute Gasteiger partial charge is 0.244 e. The largest absolute Gasteiger partial charge is 0.338 e. The topological polar surface area (TPSA) is 38.9 Å². The molecule has 1 atom stereocenters. The molecule has 0 aliphatic rings. The molecule has 1 heterocycles. The Hall–Kier alpha value is -1.35. The third-order valence-corrected chi connectivity index (χ3v) is 2.65. The zero-order valence-corrected chi connectivity index (χ0v) is 11.0. The molecule has 4 heteroatoms. The van der Waals surface area contributed by atoms with Crippen LogP contribution in [-0.2, 0) is 6.42 Å². The van der Waals surface area contributed by atoms with Crippen molar-refractivity contribution in [3.05, 3.63) is 46.6 Å². The first-order valence-electron chi connectivity index (χ1n) is 5.58. The molecule has 0 saturated carbocycles. The van der Waals surface area contributed by atoms with E-state index in [1.54, 1.807) is 0 Å². The minimum Gasteiger partial charge on any atom is -0.338 e. The Bertz CT molecular complexity index is 500. The summed E-state index contributed by atoms with van der Waals surface area (Å²) in [6, 6.07) is 6.41. The fourth-order valence-corrected chi connectivity index (χ4v) is 1.94. The van der Waals surface area contributed by atoms with E-state index in [9.17, 15) is 0 Å². The first-order valence-corrected chi connectivity index (χ1v) is 6.02. The highest BCUT2D eigenvalue weighted by molar-refractivity contribution is 6.20. The van der Waals surface area contributed by atoms with Gasteiger partial charge in [-0.1, -0.05) is 34.5 Å². The standard InChI is InChI=1S/C13H15ClN2O/c1-8-4-9(2)6-11(5-8)7-12-15-13(10(3)14)17-16-12/h4-6,10H,7H2,1-3H3. The number of alkyl halides is 1. The van der Waals surface area contributed by atoms with Gasteiger partial charge in [-0.2, -0.15) is 4.98 Å². The van der Waals surface area contributed by atoms with E-state index in [-0.39, 0.29) is 5.38 Å². The average Bonchev–Trinajstić information content (AvgIpc) is 2.64. The minimum atomic E-state index is -0.240. The molecule has 1 aromatic heterocycles. The molecule has 0 amide bonds. The van der Waals surface area contributed by atoms with E-state index >= 15 is 0 Å².